The second kappa shape index (κ2) is 8.02. The molecular formula is C19H28N2O8. The fraction of sp³-hybridized carbons (Fsp3) is 0.737. The third-order valence-corrected chi connectivity index (χ3v) is 5.53. The molecule has 3 heterocycles. The Morgan fingerprint density at radius 1 is 1.24 bits per heavy atom. The molecule has 3 rings (SSSR count). The first-order valence-corrected chi connectivity index (χ1v) is 9.71. The number of H-pyrrole nitrogens is 1. The molecule has 162 valence electrons. The Morgan fingerprint density at radius 3 is 2.48 bits per heavy atom. The molecule has 0 saturated carbocycles. The van der Waals surface area contributed by atoms with Gasteiger partial charge in [0.25, 0.3) is 5.56 Å². The van der Waals surface area contributed by atoms with E-state index in [2.05, 4.69) is 4.98 Å². The number of carbonyl (C=O) groups excluding carboxylic acids is 1. The van der Waals surface area contributed by atoms with Crippen LogP contribution in [-0.2, 0) is 28.5 Å². The second-order valence-corrected chi connectivity index (χ2v) is 7.65. The SMILES string of the molecule is CCC(CC)(OC)C(=O)OC[C@H]1O[C@@H](n2ccc(=O)[nH]c2=O)[C@@H]2OC(C)(C)O[C@@H]21. The first-order chi connectivity index (χ1) is 13.7. The highest BCUT2D eigenvalue weighted by Crippen LogP contribution is 2.42. The molecule has 0 radical (unpaired) electrons. The van der Waals surface area contributed by atoms with Gasteiger partial charge in [0.1, 0.15) is 24.9 Å². The largest absolute Gasteiger partial charge is 0.461 e. The monoisotopic (exact) mass is 412 g/mol. The van der Waals surface area contributed by atoms with Gasteiger partial charge in [0.15, 0.2) is 17.6 Å². The molecule has 2 aliphatic heterocycles. The van der Waals surface area contributed by atoms with E-state index in [1.54, 1.807) is 13.8 Å². The summed E-state index contributed by atoms with van der Waals surface area (Å²) < 4.78 is 30.0. The van der Waals surface area contributed by atoms with Crippen molar-refractivity contribution >= 4 is 5.97 Å². The van der Waals surface area contributed by atoms with Crippen molar-refractivity contribution < 1.29 is 28.5 Å². The quantitative estimate of drug-likeness (QED) is 0.651. The van der Waals surface area contributed by atoms with Crippen molar-refractivity contribution in [3.8, 4) is 0 Å². The smallest absolute Gasteiger partial charge is 0.338 e. The molecule has 0 spiro atoms. The van der Waals surface area contributed by atoms with Crippen LogP contribution < -0.4 is 11.2 Å². The highest BCUT2D eigenvalue weighted by molar-refractivity contribution is 5.79. The molecule has 0 aromatic carbocycles. The number of hydrogen-bond acceptors (Lipinski definition) is 8. The first kappa shape index (κ1) is 21.7. The Balaban J connectivity index is 1.80. The van der Waals surface area contributed by atoms with Gasteiger partial charge >= 0.3 is 11.7 Å². The number of esters is 1. The highest BCUT2D eigenvalue weighted by Gasteiger charge is 2.56. The lowest BCUT2D eigenvalue weighted by molar-refractivity contribution is -0.206. The van der Waals surface area contributed by atoms with E-state index in [9.17, 15) is 14.4 Å². The number of nitrogens with one attached hydrogen (secondary N) is 1. The topological polar surface area (TPSA) is 118 Å². The van der Waals surface area contributed by atoms with Gasteiger partial charge in [0, 0.05) is 19.4 Å². The van der Waals surface area contributed by atoms with Crippen molar-refractivity contribution in [2.45, 2.75) is 76.5 Å². The van der Waals surface area contributed by atoms with Crippen LogP contribution >= 0.6 is 0 Å². The van der Waals surface area contributed by atoms with Gasteiger partial charge in [-0.25, -0.2) is 9.59 Å². The van der Waals surface area contributed by atoms with Crippen LogP contribution in [0.5, 0.6) is 0 Å². The van der Waals surface area contributed by atoms with Crippen LogP contribution in [-0.4, -0.2) is 58.9 Å². The molecule has 0 unspecified atom stereocenters. The van der Waals surface area contributed by atoms with Crippen molar-refractivity contribution in [3.05, 3.63) is 33.1 Å². The van der Waals surface area contributed by atoms with Gasteiger partial charge in [-0.3, -0.25) is 14.3 Å². The summed E-state index contributed by atoms with van der Waals surface area (Å²) in [6.45, 7) is 7.13. The Hall–Kier alpha value is -2.01. The Labute approximate surface area is 168 Å². The van der Waals surface area contributed by atoms with Crippen molar-refractivity contribution in [3.63, 3.8) is 0 Å². The normalized spacial score (nSPS) is 28.3. The highest BCUT2D eigenvalue weighted by atomic mass is 16.8. The summed E-state index contributed by atoms with van der Waals surface area (Å²) in [7, 11) is 1.48. The molecule has 10 nitrogen and oxygen atoms in total. The average Bonchev–Trinajstić information content (AvgIpc) is 3.15. The summed E-state index contributed by atoms with van der Waals surface area (Å²) in [6, 6.07) is 1.23. The number of nitrogens with zero attached hydrogens (tertiary/aromatic N) is 1. The minimum atomic E-state index is -1.01. The summed E-state index contributed by atoms with van der Waals surface area (Å²) >= 11 is 0. The molecule has 1 aromatic rings. The van der Waals surface area contributed by atoms with Gasteiger partial charge in [-0.05, 0) is 26.7 Å². The molecule has 0 aliphatic carbocycles. The summed E-state index contributed by atoms with van der Waals surface area (Å²) in [6.07, 6.45) is -0.367. The first-order valence-electron chi connectivity index (χ1n) is 9.71. The standard InChI is InChI=1S/C19H28N2O8/c1-6-19(7-2,25-5)16(23)26-10-11-13-14(29-18(3,4)28-13)15(27-11)21-9-8-12(22)20-17(21)24/h8-9,11,13-15H,6-7,10H2,1-5H3,(H,20,22,24)/t11-,13-,14-,15-/m1/s1. The minimum Gasteiger partial charge on any atom is -0.461 e. The van der Waals surface area contributed by atoms with Crippen LogP contribution in [0, 0.1) is 0 Å². The van der Waals surface area contributed by atoms with Crippen LogP contribution in [0.2, 0.25) is 0 Å². The summed E-state index contributed by atoms with van der Waals surface area (Å²) in [5, 5.41) is 0. The number of aromatic nitrogens is 2. The van der Waals surface area contributed by atoms with E-state index < -0.39 is 53.1 Å². The van der Waals surface area contributed by atoms with Crippen molar-refractivity contribution in [2.75, 3.05) is 13.7 Å². The fourth-order valence-electron chi connectivity index (χ4n) is 3.84. The third kappa shape index (κ3) is 4.02. The molecule has 10 heteroatoms. The van der Waals surface area contributed by atoms with Crippen LogP contribution in [0.25, 0.3) is 0 Å². The molecule has 4 atom stereocenters. The second-order valence-electron chi connectivity index (χ2n) is 7.65. The van der Waals surface area contributed by atoms with Gasteiger partial charge in [-0.15, -0.1) is 0 Å². The van der Waals surface area contributed by atoms with Gasteiger partial charge in [-0.1, -0.05) is 13.8 Å². The van der Waals surface area contributed by atoms with Gasteiger partial charge in [-0.2, -0.15) is 0 Å². The van der Waals surface area contributed by atoms with E-state index in [0.717, 1.165) is 0 Å². The molecule has 1 N–H and O–H groups in total. The van der Waals surface area contributed by atoms with E-state index >= 15 is 0 Å². The maximum absolute atomic E-state index is 12.6. The number of aromatic amines is 1. The van der Waals surface area contributed by atoms with E-state index in [-0.39, 0.29) is 6.61 Å². The molecular weight excluding hydrogens is 384 g/mol. The van der Waals surface area contributed by atoms with Gasteiger partial charge in [0.2, 0.25) is 0 Å². The van der Waals surface area contributed by atoms with Gasteiger partial charge < -0.3 is 23.7 Å². The summed E-state index contributed by atoms with van der Waals surface area (Å²) in [4.78, 5) is 38.4. The molecule has 2 saturated heterocycles. The number of rotatable bonds is 7. The number of hydrogen-bond donors (Lipinski definition) is 1. The molecule has 2 aliphatic rings. The fourth-order valence-corrected chi connectivity index (χ4v) is 3.84. The minimum absolute atomic E-state index is 0.0842. The number of carbonyl (C=O) groups is 1. The van der Waals surface area contributed by atoms with Gasteiger partial charge in [0.05, 0.1) is 0 Å². The maximum atomic E-state index is 12.6. The van der Waals surface area contributed by atoms with Crippen LogP contribution in [0.15, 0.2) is 21.9 Å². The Bertz CT molecular complexity index is 848. The maximum Gasteiger partial charge on any atom is 0.338 e. The summed E-state index contributed by atoms with van der Waals surface area (Å²) in [5.41, 5.74) is -2.15. The van der Waals surface area contributed by atoms with Crippen LogP contribution in [0.4, 0.5) is 0 Å². The molecule has 29 heavy (non-hydrogen) atoms. The van der Waals surface area contributed by atoms with E-state index in [1.807, 2.05) is 13.8 Å². The van der Waals surface area contributed by atoms with E-state index in [0.29, 0.717) is 12.8 Å². The summed E-state index contributed by atoms with van der Waals surface area (Å²) in [5.74, 6) is -1.37. The zero-order chi connectivity index (χ0) is 21.4. The lowest BCUT2D eigenvalue weighted by atomic mass is 9.97. The van der Waals surface area contributed by atoms with Crippen molar-refractivity contribution in [2.24, 2.45) is 0 Å². The van der Waals surface area contributed by atoms with E-state index in [1.165, 1.54) is 23.9 Å². The van der Waals surface area contributed by atoms with E-state index in [4.69, 9.17) is 23.7 Å². The lowest BCUT2D eigenvalue weighted by Gasteiger charge is -2.29. The van der Waals surface area contributed by atoms with Crippen molar-refractivity contribution in [1.82, 2.24) is 9.55 Å². The Kier molecular flexibility index (Phi) is 6.00. The lowest BCUT2D eigenvalue weighted by Crippen LogP contribution is -2.43. The van der Waals surface area contributed by atoms with Crippen molar-refractivity contribution in [1.29, 1.82) is 0 Å². The number of methoxy groups -OCH3 is 1. The predicted octanol–water partition coefficient (Wildman–Crippen LogP) is 0.703. The Morgan fingerprint density at radius 2 is 1.90 bits per heavy atom. The van der Waals surface area contributed by atoms with Crippen LogP contribution in [0.1, 0.15) is 46.8 Å². The number of fused-ring (bicyclic) bond motifs is 1. The third-order valence-electron chi connectivity index (χ3n) is 5.53. The number of ether oxygens (including phenoxy) is 5. The predicted molar refractivity (Wildman–Crippen MR) is 100 cm³/mol. The van der Waals surface area contributed by atoms with Crippen LogP contribution in [0.3, 0.4) is 0 Å². The molecule has 0 bridgehead atoms. The molecule has 0 amide bonds. The molecule has 1 aromatic heterocycles. The molecule has 2 fully saturated rings. The zero-order valence-electron chi connectivity index (χ0n) is 17.3. The average molecular weight is 412 g/mol. The zero-order valence-corrected chi connectivity index (χ0v) is 17.3.